The summed E-state index contributed by atoms with van der Waals surface area (Å²) in [6.07, 6.45) is 2.73. The Morgan fingerprint density at radius 3 is 2.43 bits per heavy atom. The Morgan fingerprint density at radius 1 is 1.10 bits per heavy atom. The van der Waals surface area contributed by atoms with Crippen LogP contribution < -0.4 is 29.9 Å². The molecule has 2 N–H and O–H groups in total. The first-order valence-electron chi connectivity index (χ1n) is 12.2. The number of hydrogen-bond donors (Lipinski definition) is 2. The van der Waals surface area contributed by atoms with E-state index in [0.29, 0.717) is 45.6 Å². The molecule has 0 unspecified atom stereocenters. The zero-order chi connectivity index (χ0) is 30.1. The Balaban J connectivity index is 1.48. The predicted octanol–water partition coefficient (Wildman–Crippen LogP) is 4.44. The van der Waals surface area contributed by atoms with Crippen molar-refractivity contribution in [3.8, 4) is 22.9 Å². The average molecular weight is 611 g/mol. The first kappa shape index (κ1) is 28.6. The molecule has 16 heteroatoms. The summed E-state index contributed by atoms with van der Waals surface area (Å²) in [6.45, 7) is 3.59. The number of nitrogens with one attached hydrogen (secondary N) is 2. The number of fused-ring (bicyclic) bond motifs is 1. The molecule has 0 atom stereocenters. The number of amides is 3. The Morgan fingerprint density at radius 2 is 1.81 bits per heavy atom. The van der Waals surface area contributed by atoms with Crippen molar-refractivity contribution in [3.05, 3.63) is 58.7 Å². The summed E-state index contributed by atoms with van der Waals surface area (Å²) in [5.41, 5.74) is 2.36. The fourth-order valence-corrected chi connectivity index (χ4v) is 4.96. The number of ether oxygens (including phenoxy) is 2. The number of urea groups is 1. The fraction of sp³-hybridized carbons (Fsp3) is 0.192. The first-order chi connectivity index (χ1) is 20.1. The molecular formula is C26H24Cl2N10O4. The minimum absolute atomic E-state index is 0.0784. The van der Waals surface area contributed by atoms with Crippen molar-refractivity contribution in [2.24, 2.45) is 7.05 Å². The molecule has 42 heavy (non-hydrogen) atoms. The molecule has 1 aliphatic rings. The van der Waals surface area contributed by atoms with Gasteiger partial charge >= 0.3 is 6.03 Å². The third kappa shape index (κ3) is 5.24. The van der Waals surface area contributed by atoms with Gasteiger partial charge in [-0.15, -0.1) is 10.2 Å². The predicted molar refractivity (Wildman–Crippen MR) is 158 cm³/mol. The Kier molecular flexibility index (Phi) is 7.83. The fourth-order valence-electron chi connectivity index (χ4n) is 4.25. The monoisotopic (exact) mass is 610 g/mol. The second-order valence-electron chi connectivity index (χ2n) is 8.91. The van der Waals surface area contributed by atoms with Crippen LogP contribution in [-0.2, 0) is 18.4 Å². The maximum absolute atomic E-state index is 13.5. The van der Waals surface area contributed by atoms with Crippen molar-refractivity contribution in [2.75, 3.05) is 41.7 Å². The van der Waals surface area contributed by atoms with Crippen LogP contribution in [0, 0.1) is 0 Å². The minimum Gasteiger partial charge on any atom is -0.495 e. The molecule has 216 valence electrons. The Bertz CT molecular complexity index is 1700. The number of nitrogens with zero attached hydrogens (tertiary/aromatic N) is 8. The molecule has 3 heterocycles. The van der Waals surface area contributed by atoms with E-state index < -0.39 is 11.9 Å². The molecule has 0 fully saturated rings. The van der Waals surface area contributed by atoms with Gasteiger partial charge in [0.1, 0.15) is 27.4 Å². The van der Waals surface area contributed by atoms with Crippen molar-refractivity contribution in [1.29, 1.82) is 0 Å². The Labute approximate surface area is 249 Å². The first-order valence-corrected chi connectivity index (χ1v) is 13.0. The third-order valence-corrected chi connectivity index (χ3v) is 7.03. The minimum atomic E-state index is -0.439. The normalized spacial score (nSPS) is 12.6. The standard InChI is InChI=1S/C26H24Cl2N10O4/c1-6-19(39)30-16-9-13(23-33-35-37(3)34-23)7-8-15(16)31-25-29-11-14-12-38(26(40)36(2)24(14)32-25)22-20(27)17(41-4)10-18(42-5)21(22)28/h6-11H,1,12H2,2-5H3,(H,30,39)(H,29,31,32). The second kappa shape index (κ2) is 11.5. The number of rotatable bonds is 8. The molecule has 3 amide bonds. The molecule has 0 saturated carbocycles. The number of hydrogen-bond acceptors (Lipinski definition) is 10. The van der Waals surface area contributed by atoms with Crippen LogP contribution in [0.25, 0.3) is 11.4 Å². The lowest BCUT2D eigenvalue weighted by atomic mass is 10.1. The number of aryl methyl sites for hydroxylation is 1. The van der Waals surface area contributed by atoms with Gasteiger partial charge in [-0.2, -0.15) is 9.78 Å². The van der Waals surface area contributed by atoms with E-state index in [1.807, 2.05) is 0 Å². The average Bonchev–Trinajstić information content (AvgIpc) is 3.43. The summed E-state index contributed by atoms with van der Waals surface area (Å²) < 4.78 is 10.7. The smallest absolute Gasteiger partial charge is 0.330 e. The van der Waals surface area contributed by atoms with Crippen molar-refractivity contribution < 1.29 is 19.1 Å². The number of tetrazole rings is 1. The lowest BCUT2D eigenvalue weighted by Crippen LogP contribution is -2.46. The van der Waals surface area contributed by atoms with E-state index in [4.69, 9.17) is 32.7 Å². The highest BCUT2D eigenvalue weighted by Crippen LogP contribution is 2.47. The number of benzene rings is 2. The maximum Gasteiger partial charge on any atom is 0.330 e. The molecule has 0 radical (unpaired) electrons. The van der Waals surface area contributed by atoms with E-state index in [0.717, 1.165) is 6.08 Å². The van der Waals surface area contributed by atoms with Crippen LogP contribution in [0.2, 0.25) is 10.0 Å². The SMILES string of the molecule is C=CC(=O)Nc1cc(-c2nnn(C)n2)ccc1Nc1ncc2c(n1)N(C)C(=O)N(c1c(Cl)c(OC)cc(OC)c1Cl)C2. The largest absolute Gasteiger partial charge is 0.495 e. The number of halogens is 2. The van der Waals surface area contributed by atoms with Gasteiger partial charge < -0.3 is 20.1 Å². The van der Waals surface area contributed by atoms with Gasteiger partial charge in [-0.25, -0.2) is 9.78 Å². The summed E-state index contributed by atoms with van der Waals surface area (Å²) in [7, 11) is 6.13. The van der Waals surface area contributed by atoms with Crippen molar-refractivity contribution in [3.63, 3.8) is 0 Å². The zero-order valence-corrected chi connectivity index (χ0v) is 24.4. The summed E-state index contributed by atoms with van der Waals surface area (Å²) in [4.78, 5) is 38.8. The van der Waals surface area contributed by atoms with Gasteiger partial charge in [-0.3, -0.25) is 14.6 Å². The van der Waals surface area contributed by atoms with Crippen LogP contribution in [0.4, 0.5) is 33.6 Å². The Hall–Kier alpha value is -4.95. The van der Waals surface area contributed by atoms with Gasteiger partial charge in [0.25, 0.3) is 0 Å². The van der Waals surface area contributed by atoms with E-state index in [2.05, 4.69) is 42.6 Å². The highest BCUT2D eigenvalue weighted by Gasteiger charge is 2.35. The highest BCUT2D eigenvalue weighted by atomic mass is 35.5. The van der Waals surface area contributed by atoms with Gasteiger partial charge in [0.15, 0.2) is 0 Å². The van der Waals surface area contributed by atoms with Gasteiger partial charge in [0, 0.05) is 30.4 Å². The lowest BCUT2D eigenvalue weighted by molar-refractivity contribution is -0.111. The third-order valence-electron chi connectivity index (χ3n) is 6.30. The molecule has 1 aliphatic heterocycles. The van der Waals surface area contributed by atoms with Crippen molar-refractivity contribution in [2.45, 2.75) is 6.54 Å². The van der Waals surface area contributed by atoms with Crippen LogP contribution >= 0.6 is 23.2 Å². The molecule has 0 bridgehead atoms. The number of carbonyl (C=O) groups is 2. The van der Waals surface area contributed by atoms with E-state index in [9.17, 15) is 9.59 Å². The topological polar surface area (TPSA) is 153 Å². The van der Waals surface area contributed by atoms with Crippen molar-refractivity contribution >= 4 is 64.0 Å². The molecular weight excluding hydrogens is 587 g/mol. The molecule has 0 saturated heterocycles. The molecule has 2 aromatic carbocycles. The molecule has 5 rings (SSSR count). The molecule has 14 nitrogen and oxygen atoms in total. The van der Waals surface area contributed by atoms with E-state index in [1.165, 1.54) is 28.8 Å². The summed E-state index contributed by atoms with van der Waals surface area (Å²) in [5.74, 6) is 1.09. The maximum atomic E-state index is 13.5. The van der Waals surface area contributed by atoms with Crippen LogP contribution in [0.5, 0.6) is 11.5 Å². The number of anilines is 5. The quantitative estimate of drug-likeness (QED) is 0.274. The second-order valence-corrected chi connectivity index (χ2v) is 9.67. The zero-order valence-electron chi connectivity index (χ0n) is 22.8. The number of aromatic nitrogens is 6. The van der Waals surface area contributed by atoms with E-state index in [1.54, 1.807) is 44.6 Å². The van der Waals surface area contributed by atoms with Crippen LogP contribution in [0.3, 0.4) is 0 Å². The molecule has 4 aromatic rings. The summed E-state index contributed by atoms with van der Waals surface area (Å²) in [5, 5.41) is 18.2. The summed E-state index contributed by atoms with van der Waals surface area (Å²) >= 11 is 13.2. The summed E-state index contributed by atoms with van der Waals surface area (Å²) in [6, 6.07) is 6.26. The van der Waals surface area contributed by atoms with E-state index in [-0.39, 0.29) is 28.2 Å². The van der Waals surface area contributed by atoms with Gasteiger partial charge in [-0.05, 0) is 29.5 Å². The number of carbonyl (C=O) groups excluding carboxylic acids is 2. The van der Waals surface area contributed by atoms with Gasteiger partial charge in [0.2, 0.25) is 17.7 Å². The van der Waals surface area contributed by atoms with Crippen LogP contribution in [0.15, 0.2) is 43.1 Å². The highest BCUT2D eigenvalue weighted by molar-refractivity contribution is 6.42. The lowest BCUT2D eigenvalue weighted by Gasteiger charge is -2.35. The molecule has 0 spiro atoms. The van der Waals surface area contributed by atoms with Crippen molar-refractivity contribution in [1.82, 2.24) is 30.2 Å². The van der Waals surface area contributed by atoms with Gasteiger partial charge in [0.05, 0.1) is 44.9 Å². The molecule has 2 aromatic heterocycles. The van der Waals surface area contributed by atoms with Gasteiger partial charge in [-0.1, -0.05) is 29.8 Å². The van der Waals surface area contributed by atoms with E-state index >= 15 is 0 Å². The molecule has 0 aliphatic carbocycles. The number of methoxy groups -OCH3 is 2. The van der Waals surface area contributed by atoms with Crippen LogP contribution in [0.1, 0.15) is 5.56 Å². The van der Waals surface area contributed by atoms with Crippen LogP contribution in [-0.4, -0.2) is 63.4 Å².